The summed E-state index contributed by atoms with van der Waals surface area (Å²) in [7, 11) is 0. The van der Waals surface area contributed by atoms with Crippen LogP contribution in [0.25, 0.3) is 0 Å². The molecule has 0 aliphatic rings. The highest BCUT2D eigenvalue weighted by molar-refractivity contribution is 9.09. The molecule has 2 N–H and O–H groups in total. The molecule has 0 aromatic heterocycles. The van der Waals surface area contributed by atoms with Crippen molar-refractivity contribution in [2.45, 2.75) is 38.3 Å². The molecule has 0 bridgehead atoms. The highest BCUT2D eigenvalue weighted by atomic mass is 79.9. The fraction of sp³-hybridized carbons (Fsp3) is 0.364. The molecule has 2 aromatic rings. The van der Waals surface area contributed by atoms with E-state index in [1.54, 1.807) is 19.1 Å². The van der Waals surface area contributed by atoms with Gasteiger partial charge in [-0.05, 0) is 36.1 Å². The molecular formula is C22H26BrNO6. The zero-order chi connectivity index (χ0) is 22.0. The quantitative estimate of drug-likeness (QED) is 0.277. The van der Waals surface area contributed by atoms with Crippen LogP contribution in [0.5, 0.6) is 5.75 Å². The number of carboxylic acids is 1. The molecule has 0 saturated heterocycles. The third-order valence-corrected chi connectivity index (χ3v) is 5.33. The number of carbonyl (C=O) groups is 2. The number of benzene rings is 2. The minimum atomic E-state index is -1.48. The summed E-state index contributed by atoms with van der Waals surface area (Å²) in [6.07, 6.45) is -0.111. The van der Waals surface area contributed by atoms with E-state index in [1.165, 1.54) is 17.2 Å². The van der Waals surface area contributed by atoms with Crippen molar-refractivity contribution in [2.75, 3.05) is 11.9 Å². The minimum Gasteiger partial charge on any atom is -0.508 e. The Morgan fingerprint density at radius 2 is 1.73 bits per heavy atom. The molecule has 162 valence electrons. The third-order valence-electron chi connectivity index (χ3n) is 4.77. The Morgan fingerprint density at radius 3 is 2.30 bits per heavy atom. The van der Waals surface area contributed by atoms with Crippen molar-refractivity contribution in [1.82, 2.24) is 5.06 Å². The van der Waals surface area contributed by atoms with Gasteiger partial charge in [0.2, 0.25) is 0 Å². The average molecular weight is 480 g/mol. The fourth-order valence-electron chi connectivity index (χ4n) is 3.06. The highest BCUT2D eigenvalue weighted by Crippen LogP contribution is 2.28. The van der Waals surface area contributed by atoms with Crippen LogP contribution in [0.15, 0.2) is 54.6 Å². The van der Waals surface area contributed by atoms with Crippen molar-refractivity contribution < 1.29 is 29.4 Å². The lowest BCUT2D eigenvalue weighted by Crippen LogP contribution is -2.56. The third kappa shape index (κ3) is 6.47. The predicted molar refractivity (Wildman–Crippen MR) is 115 cm³/mol. The molecule has 2 rings (SSSR count). The van der Waals surface area contributed by atoms with E-state index in [1.807, 2.05) is 30.3 Å². The first-order chi connectivity index (χ1) is 14.4. The van der Waals surface area contributed by atoms with Crippen LogP contribution in [0.3, 0.4) is 0 Å². The summed E-state index contributed by atoms with van der Waals surface area (Å²) >= 11 is 3.33. The van der Waals surface area contributed by atoms with Crippen molar-refractivity contribution in [1.29, 1.82) is 0 Å². The molecule has 1 atom stereocenters. The van der Waals surface area contributed by atoms with Crippen LogP contribution in [0.2, 0.25) is 0 Å². The van der Waals surface area contributed by atoms with Crippen LogP contribution in [0, 0.1) is 0 Å². The molecule has 30 heavy (non-hydrogen) atoms. The molecule has 0 fully saturated rings. The van der Waals surface area contributed by atoms with Crippen LogP contribution in [-0.4, -0.2) is 44.8 Å². The Kier molecular flexibility index (Phi) is 9.14. The van der Waals surface area contributed by atoms with Crippen molar-refractivity contribution in [2.24, 2.45) is 0 Å². The number of aliphatic carboxylic acids is 1. The second kappa shape index (κ2) is 11.6. The summed E-state index contributed by atoms with van der Waals surface area (Å²) in [4.78, 5) is 30.1. The van der Waals surface area contributed by atoms with Gasteiger partial charge in [-0.15, -0.1) is 5.06 Å². The van der Waals surface area contributed by atoms with Crippen LogP contribution in [-0.2, 0) is 27.4 Å². The maximum absolute atomic E-state index is 12.4. The summed E-state index contributed by atoms with van der Waals surface area (Å²) < 4.78 is 5.18. The van der Waals surface area contributed by atoms with E-state index >= 15 is 0 Å². The van der Waals surface area contributed by atoms with Crippen molar-refractivity contribution in [3.8, 4) is 5.75 Å². The second-order valence-corrected chi connectivity index (χ2v) is 7.59. The normalized spacial score (nSPS) is 12.9. The number of alkyl halides is 1. The van der Waals surface area contributed by atoms with Gasteiger partial charge in [0, 0.05) is 18.3 Å². The smallest absolute Gasteiger partial charge is 0.508 e. The van der Waals surface area contributed by atoms with Crippen LogP contribution < -0.4 is 0 Å². The van der Waals surface area contributed by atoms with Crippen LogP contribution >= 0.6 is 15.9 Å². The summed E-state index contributed by atoms with van der Waals surface area (Å²) in [5.41, 5.74) is 0.0120. The maximum Gasteiger partial charge on any atom is 0.528 e. The Balaban J connectivity index is 2.20. The van der Waals surface area contributed by atoms with E-state index in [2.05, 4.69) is 15.9 Å². The molecule has 0 saturated carbocycles. The van der Waals surface area contributed by atoms with Crippen LogP contribution in [0.1, 0.15) is 30.9 Å². The highest BCUT2D eigenvalue weighted by Gasteiger charge is 2.45. The number of aromatic hydroxyl groups is 1. The minimum absolute atomic E-state index is 0.0239. The van der Waals surface area contributed by atoms with Crippen molar-refractivity contribution in [3.05, 3.63) is 65.7 Å². The van der Waals surface area contributed by atoms with Gasteiger partial charge in [-0.1, -0.05) is 65.3 Å². The van der Waals surface area contributed by atoms with E-state index in [-0.39, 0.29) is 31.7 Å². The molecule has 0 amide bonds. The van der Waals surface area contributed by atoms with Gasteiger partial charge in [-0.25, -0.2) is 4.79 Å². The summed E-state index contributed by atoms with van der Waals surface area (Å²) in [5, 5.41) is 21.4. The molecule has 8 heteroatoms. The number of hydrogen-bond donors (Lipinski definition) is 2. The maximum atomic E-state index is 12.4. The molecule has 2 aromatic carbocycles. The lowest BCUT2D eigenvalue weighted by molar-refractivity contribution is -0.208. The zero-order valence-electron chi connectivity index (χ0n) is 16.8. The van der Waals surface area contributed by atoms with Crippen molar-refractivity contribution in [3.63, 3.8) is 0 Å². The average Bonchev–Trinajstić information content (AvgIpc) is 2.75. The fourth-order valence-corrected chi connectivity index (χ4v) is 3.31. The standard InChI is InChI=1S/C22H26BrNO6/c1-2-22(20(26)27,15-17-9-11-19(25)12-10-17)24(14-6-13-23)30-21(28)29-16-18-7-4-3-5-8-18/h3-5,7-12,25H,2,6,13-16H2,1H3,(H,26,27)/t22-/m0/s1. The van der Waals surface area contributed by atoms with Gasteiger partial charge in [0.1, 0.15) is 12.4 Å². The number of ether oxygens (including phenoxy) is 1. The molecular weight excluding hydrogens is 454 g/mol. The summed E-state index contributed by atoms with van der Waals surface area (Å²) in [6, 6.07) is 15.4. The SMILES string of the molecule is CC[C@](Cc1ccc(O)cc1)(C(=O)O)N(CCCBr)OC(=O)OCc1ccccc1. The van der Waals surface area contributed by atoms with Crippen molar-refractivity contribution >= 4 is 28.1 Å². The van der Waals surface area contributed by atoms with Gasteiger partial charge < -0.3 is 19.8 Å². The monoisotopic (exact) mass is 479 g/mol. The van der Waals surface area contributed by atoms with Gasteiger partial charge in [-0.2, -0.15) is 0 Å². The summed E-state index contributed by atoms with van der Waals surface area (Å²) in [5.74, 6) is -1.02. The number of carbonyl (C=O) groups excluding carboxylic acids is 1. The second-order valence-electron chi connectivity index (χ2n) is 6.79. The topological polar surface area (TPSA) is 96.3 Å². The molecule has 0 aliphatic heterocycles. The lowest BCUT2D eigenvalue weighted by atomic mass is 9.87. The first-order valence-corrected chi connectivity index (χ1v) is 10.8. The van der Waals surface area contributed by atoms with E-state index in [9.17, 15) is 19.8 Å². The largest absolute Gasteiger partial charge is 0.528 e. The van der Waals surface area contributed by atoms with Gasteiger partial charge in [0.25, 0.3) is 0 Å². The molecule has 0 spiro atoms. The zero-order valence-corrected chi connectivity index (χ0v) is 18.4. The molecule has 0 radical (unpaired) electrons. The number of carboxylic acid groups (broad SMARTS) is 1. The molecule has 7 nitrogen and oxygen atoms in total. The molecule has 0 heterocycles. The number of halogens is 1. The summed E-state index contributed by atoms with van der Waals surface area (Å²) in [6.45, 7) is 1.97. The number of hydroxylamine groups is 2. The van der Waals surface area contributed by atoms with E-state index in [0.29, 0.717) is 17.3 Å². The Morgan fingerprint density at radius 1 is 1.07 bits per heavy atom. The first kappa shape index (κ1) is 23.7. The number of rotatable bonds is 11. The number of nitrogens with zero attached hydrogens (tertiary/aromatic N) is 1. The Hall–Kier alpha value is -2.58. The number of hydrogen-bond acceptors (Lipinski definition) is 6. The van der Waals surface area contributed by atoms with Gasteiger partial charge in [0.05, 0.1) is 0 Å². The van der Waals surface area contributed by atoms with Gasteiger partial charge in [-0.3, -0.25) is 4.79 Å². The predicted octanol–water partition coefficient (Wildman–Crippen LogP) is 4.52. The molecule has 0 unspecified atom stereocenters. The van der Waals surface area contributed by atoms with E-state index in [0.717, 1.165) is 5.56 Å². The van der Waals surface area contributed by atoms with Gasteiger partial charge in [0.15, 0.2) is 5.54 Å². The van der Waals surface area contributed by atoms with Crippen LogP contribution in [0.4, 0.5) is 4.79 Å². The molecule has 0 aliphatic carbocycles. The number of phenolic OH excluding ortho intramolecular Hbond substituents is 1. The van der Waals surface area contributed by atoms with E-state index < -0.39 is 17.7 Å². The number of phenols is 1. The van der Waals surface area contributed by atoms with Gasteiger partial charge >= 0.3 is 12.1 Å². The first-order valence-electron chi connectivity index (χ1n) is 9.65. The lowest BCUT2D eigenvalue weighted by Gasteiger charge is -2.38. The Bertz CT molecular complexity index is 814. The van der Waals surface area contributed by atoms with E-state index in [4.69, 9.17) is 9.57 Å². The Labute approximate surface area is 184 Å².